The van der Waals surface area contributed by atoms with E-state index in [4.69, 9.17) is 0 Å². The van der Waals surface area contributed by atoms with Gasteiger partial charge in [-0.2, -0.15) is 13.2 Å². The molecule has 106 valence electrons. The molecule has 1 aromatic rings. The zero-order valence-corrected chi connectivity index (χ0v) is 11.4. The summed E-state index contributed by atoms with van der Waals surface area (Å²) in [4.78, 5) is 16.9. The van der Waals surface area contributed by atoms with Crippen molar-refractivity contribution >= 4 is 22.8 Å². The number of thiazole rings is 1. The molecule has 0 N–H and O–H groups in total. The van der Waals surface area contributed by atoms with Gasteiger partial charge in [0, 0.05) is 12.5 Å². The monoisotopic (exact) mass is 292 g/mol. The molecule has 0 spiro atoms. The number of hydrogen-bond acceptors (Lipinski definition) is 4. The van der Waals surface area contributed by atoms with E-state index in [-0.39, 0.29) is 12.5 Å². The van der Waals surface area contributed by atoms with Crippen molar-refractivity contribution in [1.82, 2.24) is 4.98 Å². The first-order valence-corrected chi connectivity index (χ1v) is 7.04. The van der Waals surface area contributed by atoms with Crippen LogP contribution in [0.4, 0.5) is 18.3 Å². The predicted molar refractivity (Wildman–Crippen MR) is 68.0 cm³/mol. The maximum Gasteiger partial charge on any atom is 0.406 e. The smallest absolute Gasteiger partial charge is 0.339 e. The molecule has 0 unspecified atom stereocenters. The van der Waals surface area contributed by atoms with Crippen molar-refractivity contribution in [2.75, 3.05) is 18.0 Å². The van der Waals surface area contributed by atoms with E-state index in [2.05, 4.69) is 4.98 Å². The highest BCUT2D eigenvalue weighted by Crippen LogP contribution is 2.43. The Hall–Kier alpha value is -1.11. The Kier molecular flexibility index (Phi) is 4.13. The molecule has 1 aliphatic rings. The van der Waals surface area contributed by atoms with Gasteiger partial charge in [-0.15, -0.1) is 0 Å². The molecule has 19 heavy (non-hydrogen) atoms. The van der Waals surface area contributed by atoms with Crippen molar-refractivity contribution < 1.29 is 18.0 Å². The van der Waals surface area contributed by atoms with Crippen molar-refractivity contribution in [1.29, 1.82) is 0 Å². The Morgan fingerprint density at radius 2 is 2.16 bits per heavy atom. The highest BCUT2D eigenvalue weighted by Gasteiger charge is 2.34. The maximum atomic E-state index is 12.5. The summed E-state index contributed by atoms with van der Waals surface area (Å²) in [5.41, 5.74) is 0.679. The summed E-state index contributed by atoms with van der Waals surface area (Å²) in [6, 6.07) is 0. The molecule has 1 saturated carbocycles. The standard InChI is InChI=1S/C12H15F3N2OS/c1-2-5-17(7-12(13,14)15)11-16-10(8-3-4-8)9(6-18)19-11/h6,8H,2-5,7H2,1H3. The fraction of sp³-hybridized carbons (Fsp3) is 0.667. The molecule has 0 radical (unpaired) electrons. The van der Waals surface area contributed by atoms with Gasteiger partial charge in [0.15, 0.2) is 11.4 Å². The Morgan fingerprint density at radius 3 is 2.63 bits per heavy atom. The first kappa shape index (κ1) is 14.3. The number of aromatic nitrogens is 1. The third kappa shape index (κ3) is 3.68. The average Bonchev–Trinajstić information content (AvgIpc) is 3.06. The molecule has 1 heterocycles. The Bertz CT molecular complexity index is 454. The molecule has 1 aliphatic carbocycles. The molecule has 7 heteroatoms. The molecule has 0 amide bonds. The minimum Gasteiger partial charge on any atom is -0.339 e. The molecule has 0 atom stereocenters. The minimum absolute atomic E-state index is 0.263. The second kappa shape index (κ2) is 5.48. The fourth-order valence-electron chi connectivity index (χ4n) is 1.93. The van der Waals surface area contributed by atoms with Crippen LogP contribution in [0.1, 0.15) is 47.5 Å². The van der Waals surface area contributed by atoms with Crippen LogP contribution in [-0.4, -0.2) is 30.5 Å². The zero-order valence-electron chi connectivity index (χ0n) is 10.5. The zero-order chi connectivity index (χ0) is 14.0. The predicted octanol–water partition coefficient (Wildman–Crippen LogP) is 3.61. The van der Waals surface area contributed by atoms with Crippen LogP contribution in [0.5, 0.6) is 0 Å². The van der Waals surface area contributed by atoms with Crippen LogP contribution in [0.3, 0.4) is 0 Å². The van der Waals surface area contributed by atoms with Gasteiger partial charge in [0.1, 0.15) is 6.54 Å². The van der Waals surface area contributed by atoms with Crippen molar-refractivity contribution in [3.63, 3.8) is 0 Å². The van der Waals surface area contributed by atoms with Crippen molar-refractivity contribution in [2.24, 2.45) is 0 Å². The molecule has 2 rings (SSSR count). The lowest BCUT2D eigenvalue weighted by molar-refractivity contribution is -0.119. The number of hydrogen-bond donors (Lipinski definition) is 0. The molecule has 1 fully saturated rings. The number of aldehydes is 1. The number of alkyl halides is 3. The lowest BCUT2D eigenvalue weighted by atomic mass is 10.3. The molecule has 1 aromatic heterocycles. The quantitative estimate of drug-likeness (QED) is 0.751. The number of anilines is 1. The van der Waals surface area contributed by atoms with Gasteiger partial charge in [-0.25, -0.2) is 4.98 Å². The highest BCUT2D eigenvalue weighted by atomic mass is 32.1. The van der Waals surface area contributed by atoms with Crippen molar-refractivity contribution in [2.45, 2.75) is 38.3 Å². The minimum atomic E-state index is -4.26. The summed E-state index contributed by atoms with van der Waals surface area (Å²) in [5, 5.41) is 0.308. The van der Waals surface area contributed by atoms with Gasteiger partial charge in [0.05, 0.1) is 10.6 Å². The summed E-state index contributed by atoms with van der Waals surface area (Å²) in [7, 11) is 0. The summed E-state index contributed by atoms with van der Waals surface area (Å²) in [6.07, 6.45) is -1.02. The van der Waals surface area contributed by atoms with Crippen LogP contribution in [0.25, 0.3) is 0 Å². The topological polar surface area (TPSA) is 33.2 Å². The molecule has 0 aliphatic heterocycles. The molecule has 0 aromatic carbocycles. The van der Waals surface area contributed by atoms with E-state index >= 15 is 0 Å². The third-order valence-electron chi connectivity index (χ3n) is 2.88. The van der Waals surface area contributed by atoms with Gasteiger partial charge in [0.25, 0.3) is 0 Å². The van der Waals surface area contributed by atoms with E-state index in [1.165, 1.54) is 4.90 Å². The van der Waals surface area contributed by atoms with Crippen LogP contribution in [0.2, 0.25) is 0 Å². The average molecular weight is 292 g/mol. The van der Waals surface area contributed by atoms with Gasteiger partial charge in [0.2, 0.25) is 0 Å². The van der Waals surface area contributed by atoms with Crippen molar-refractivity contribution in [3.05, 3.63) is 10.6 Å². The second-order valence-electron chi connectivity index (χ2n) is 4.67. The molecular formula is C12H15F3N2OS. The third-order valence-corrected chi connectivity index (χ3v) is 3.93. The molecule has 3 nitrogen and oxygen atoms in total. The normalized spacial score (nSPS) is 15.6. The van der Waals surface area contributed by atoms with E-state index in [1.807, 2.05) is 6.92 Å². The van der Waals surface area contributed by atoms with Crippen molar-refractivity contribution in [3.8, 4) is 0 Å². The number of carbonyl (C=O) groups is 1. The lowest BCUT2D eigenvalue weighted by Gasteiger charge is -2.22. The fourth-order valence-corrected chi connectivity index (χ4v) is 2.92. The van der Waals surface area contributed by atoms with E-state index in [0.29, 0.717) is 28.4 Å². The summed E-state index contributed by atoms with van der Waals surface area (Å²) >= 11 is 1.06. The SMILES string of the molecule is CCCN(CC(F)(F)F)c1nc(C2CC2)c(C=O)s1. The Balaban J connectivity index is 2.23. The summed E-state index contributed by atoms with van der Waals surface area (Å²) in [6.45, 7) is 1.09. The lowest BCUT2D eigenvalue weighted by Crippen LogP contribution is -2.34. The summed E-state index contributed by atoms with van der Waals surface area (Å²) in [5.74, 6) is 0.263. The van der Waals surface area contributed by atoms with Crippen LogP contribution >= 0.6 is 11.3 Å². The van der Waals surface area contributed by atoms with Crippen LogP contribution in [0.15, 0.2) is 0 Å². The Morgan fingerprint density at radius 1 is 1.47 bits per heavy atom. The first-order chi connectivity index (χ1) is 8.94. The molecule has 0 bridgehead atoms. The van der Waals surface area contributed by atoms with Gasteiger partial charge >= 0.3 is 6.18 Å². The highest BCUT2D eigenvalue weighted by molar-refractivity contribution is 7.17. The summed E-state index contributed by atoms with van der Waals surface area (Å²) < 4.78 is 37.6. The maximum absolute atomic E-state index is 12.5. The van der Waals surface area contributed by atoms with Gasteiger partial charge in [-0.05, 0) is 19.3 Å². The van der Waals surface area contributed by atoms with Gasteiger partial charge < -0.3 is 4.90 Å². The van der Waals surface area contributed by atoms with Crippen LogP contribution < -0.4 is 4.90 Å². The number of halogens is 3. The second-order valence-corrected chi connectivity index (χ2v) is 5.68. The van der Waals surface area contributed by atoms with Gasteiger partial charge in [-0.1, -0.05) is 18.3 Å². The number of rotatable bonds is 6. The van der Waals surface area contributed by atoms with Crippen LogP contribution in [-0.2, 0) is 0 Å². The Labute approximate surface area is 113 Å². The molecule has 0 saturated heterocycles. The largest absolute Gasteiger partial charge is 0.406 e. The van der Waals surface area contributed by atoms with Gasteiger partial charge in [-0.3, -0.25) is 4.79 Å². The van der Waals surface area contributed by atoms with E-state index in [9.17, 15) is 18.0 Å². The van der Waals surface area contributed by atoms with E-state index < -0.39 is 12.7 Å². The number of nitrogens with zero attached hydrogens (tertiary/aromatic N) is 2. The van der Waals surface area contributed by atoms with E-state index in [1.54, 1.807) is 0 Å². The van der Waals surface area contributed by atoms with E-state index in [0.717, 1.165) is 24.2 Å². The number of carbonyl (C=O) groups excluding carboxylic acids is 1. The molecular weight excluding hydrogens is 277 g/mol. The first-order valence-electron chi connectivity index (χ1n) is 6.22. The van der Waals surface area contributed by atoms with Crippen LogP contribution in [0, 0.1) is 0 Å².